The van der Waals surface area contributed by atoms with Crippen molar-refractivity contribution in [2.45, 2.75) is 6.54 Å². The number of ether oxygens (including phenoxy) is 3. The van der Waals surface area contributed by atoms with Crippen molar-refractivity contribution < 1.29 is 18.6 Å². The van der Waals surface area contributed by atoms with Crippen LogP contribution >= 0.6 is 0 Å². The quantitative estimate of drug-likeness (QED) is 0.886. The number of methoxy groups -OCH3 is 2. The summed E-state index contributed by atoms with van der Waals surface area (Å²) in [5.74, 6) is 1.57. The highest BCUT2D eigenvalue weighted by Gasteiger charge is 2.16. The van der Waals surface area contributed by atoms with Crippen molar-refractivity contribution in [2.24, 2.45) is 0 Å². The SMILES string of the molecule is CNCc1c(F)cccc1Oc1c(OC)cccc1OC. The van der Waals surface area contributed by atoms with E-state index in [0.29, 0.717) is 35.1 Å². The molecule has 2 aromatic rings. The molecule has 0 spiro atoms. The zero-order chi connectivity index (χ0) is 15.2. The molecule has 0 aliphatic heterocycles. The highest BCUT2D eigenvalue weighted by Crippen LogP contribution is 2.41. The first-order valence-corrected chi connectivity index (χ1v) is 6.52. The Hall–Kier alpha value is -2.27. The van der Waals surface area contributed by atoms with Crippen LogP contribution in [0.5, 0.6) is 23.0 Å². The number of para-hydroxylation sites is 1. The molecule has 5 heteroatoms. The minimum atomic E-state index is -0.323. The third kappa shape index (κ3) is 3.25. The van der Waals surface area contributed by atoms with Crippen LogP contribution in [0.1, 0.15) is 5.56 Å². The molecule has 2 aromatic carbocycles. The van der Waals surface area contributed by atoms with Gasteiger partial charge in [-0.05, 0) is 31.3 Å². The summed E-state index contributed by atoms with van der Waals surface area (Å²) in [6.45, 7) is 0.361. The van der Waals surface area contributed by atoms with E-state index in [9.17, 15) is 4.39 Å². The van der Waals surface area contributed by atoms with Gasteiger partial charge in [0.1, 0.15) is 11.6 Å². The van der Waals surface area contributed by atoms with Crippen molar-refractivity contribution in [3.63, 3.8) is 0 Å². The van der Waals surface area contributed by atoms with Gasteiger partial charge >= 0.3 is 0 Å². The van der Waals surface area contributed by atoms with E-state index < -0.39 is 0 Å². The van der Waals surface area contributed by atoms with E-state index in [-0.39, 0.29) is 5.82 Å². The molecule has 2 rings (SSSR count). The van der Waals surface area contributed by atoms with E-state index in [0.717, 1.165) is 0 Å². The molecule has 0 radical (unpaired) electrons. The number of nitrogens with one attached hydrogen (secondary N) is 1. The number of rotatable bonds is 6. The standard InChI is InChI=1S/C16H18FNO3/c1-18-10-11-12(17)6-4-7-13(11)21-16-14(19-2)8-5-9-15(16)20-3/h4-9,18H,10H2,1-3H3. The van der Waals surface area contributed by atoms with Crippen LogP contribution in [0.3, 0.4) is 0 Å². The Bertz CT molecular complexity index is 594. The Morgan fingerprint density at radius 3 is 2.10 bits per heavy atom. The van der Waals surface area contributed by atoms with Crippen LogP contribution in [0.4, 0.5) is 4.39 Å². The van der Waals surface area contributed by atoms with Crippen LogP contribution in [-0.2, 0) is 6.54 Å². The molecule has 0 unspecified atom stereocenters. The van der Waals surface area contributed by atoms with Gasteiger partial charge in [0.2, 0.25) is 5.75 Å². The topological polar surface area (TPSA) is 39.7 Å². The minimum absolute atomic E-state index is 0.323. The summed E-state index contributed by atoms with van der Waals surface area (Å²) in [6, 6.07) is 10.0. The summed E-state index contributed by atoms with van der Waals surface area (Å²) in [4.78, 5) is 0. The molecule has 0 bridgehead atoms. The fraction of sp³-hybridized carbons (Fsp3) is 0.250. The van der Waals surface area contributed by atoms with Gasteiger partial charge in [0.25, 0.3) is 0 Å². The molecule has 0 atom stereocenters. The van der Waals surface area contributed by atoms with E-state index in [2.05, 4.69) is 5.32 Å². The smallest absolute Gasteiger partial charge is 0.211 e. The second kappa shape index (κ2) is 6.95. The summed E-state index contributed by atoms with van der Waals surface area (Å²) in [7, 11) is 4.84. The Morgan fingerprint density at radius 1 is 0.952 bits per heavy atom. The number of benzene rings is 2. The van der Waals surface area contributed by atoms with Crippen LogP contribution in [0, 0.1) is 5.82 Å². The van der Waals surface area contributed by atoms with Crippen molar-refractivity contribution in [2.75, 3.05) is 21.3 Å². The summed E-state index contributed by atoms with van der Waals surface area (Å²) in [6.07, 6.45) is 0. The van der Waals surface area contributed by atoms with Gasteiger partial charge in [-0.1, -0.05) is 12.1 Å². The average molecular weight is 291 g/mol. The fourth-order valence-electron chi connectivity index (χ4n) is 2.01. The molecule has 0 amide bonds. The predicted octanol–water partition coefficient (Wildman–Crippen LogP) is 3.35. The first-order valence-electron chi connectivity index (χ1n) is 6.52. The fourth-order valence-corrected chi connectivity index (χ4v) is 2.01. The zero-order valence-electron chi connectivity index (χ0n) is 12.3. The van der Waals surface area contributed by atoms with Gasteiger partial charge in [0, 0.05) is 12.1 Å². The second-order valence-electron chi connectivity index (χ2n) is 4.34. The first kappa shape index (κ1) is 15.1. The van der Waals surface area contributed by atoms with E-state index >= 15 is 0 Å². The molecule has 0 saturated heterocycles. The van der Waals surface area contributed by atoms with Crippen LogP contribution in [0.25, 0.3) is 0 Å². The van der Waals surface area contributed by atoms with Crippen LogP contribution in [0.15, 0.2) is 36.4 Å². The third-order valence-electron chi connectivity index (χ3n) is 3.02. The van der Waals surface area contributed by atoms with Gasteiger partial charge < -0.3 is 19.5 Å². The maximum Gasteiger partial charge on any atom is 0.211 e. The molecule has 4 nitrogen and oxygen atoms in total. The molecular formula is C16H18FNO3. The number of hydrogen-bond acceptors (Lipinski definition) is 4. The lowest BCUT2D eigenvalue weighted by Crippen LogP contribution is -2.08. The van der Waals surface area contributed by atoms with Gasteiger partial charge in [-0.3, -0.25) is 0 Å². The summed E-state index contributed by atoms with van der Waals surface area (Å²) in [5, 5.41) is 2.93. The van der Waals surface area contributed by atoms with Crippen LogP contribution in [-0.4, -0.2) is 21.3 Å². The molecule has 0 saturated carbocycles. The van der Waals surface area contributed by atoms with Gasteiger partial charge in [-0.15, -0.1) is 0 Å². The van der Waals surface area contributed by atoms with Crippen LogP contribution < -0.4 is 19.5 Å². The molecule has 0 heterocycles. The van der Waals surface area contributed by atoms with Gasteiger partial charge in [0.15, 0.2) is 11.5 Å². The summed E-state index contributed by atoms with van der Waals surface area (Å²) >= 11 is 0. The lowest BCUT2D eigenvalue weighted by atomic mass is 10.2. The molecule has 1 N–H and O–H groups in total. The highest BCUT2D eigenvalue weighted by atomic mass is 19.1. The first-order chi connectivity index (χ1) is 10.2. The Labute approximate surface area is 123 Å². The maximum absolute atomic E-state index is 13.9. The van der Waals surface area contributed by atoms with Crippen molar-refractivity contribution in [1.29, 1.82) is 0 Å². The number of halogens is 1. The normalized spacial score (nSPS) is 10.3. The minimum Gasteiger partial charge on any atom is -0.493 e. The average Bonchev–Trinajstić information content (AvgIpc) is 2.51. The zero-order valence-corrected chi connectivity index (χ0v) is 12.3. The van der Waals surface area contributed by atoms with Gasteiger partial charge in [-0.2, -0.15) is 0 Å². The number of hydrogen-bond donors (Lipinski definition) is 1. The van der Waals surface area contributed by atoms with Gasteiger partial charge in [0.05, 0.1) is 14.2 Å². The van der Waals surface area contributed by atoms with Crippen molar-refractivity contribution in [1.82, 2.24) is 5.32 Å². The molecular weight excluding hydrogens is 273 g/mol. The lowest BCUT2D eigenvalue weighted by Gasteiger charge is -2.16. The molecule has 0 fully saturated rings. The highest BCUT2D eigenvalue weighted by molar-refractivity contribution is 5.54. The molecule has 0 aromatic heterocycles. The van der Waals surface area contributed by atoms with E-state index in [4.69, 9.17) is 14.2 Å². The van der Waals surface area contributed by atoms with Gasteiger partial charge in [-0.25, -0.2) is 4.39 Å². The van der Waals surface area contributed by atoms with Crippen molar-refractivity contribution >= 4 is 0 Å². The monoisotopic (exact) mass is 291 g/mol. The van der Waals surface area contributed by atoms with E-state index in [1.807, 2.05) is 0 Å². The molecule has 0 aliphatic carbocycles. The van der Waals surface area contributed by atoms with Crippen LogP contribution in [0.2, 0.25) is 0 Å². The third-order valence-corrected chi connectivity index (χ3v) is 3.02. The summed E-state index contributed by atoms with van der Waals surface area (Å²) < 4.78 is 30.3. The maximum atomic E-state index is 13.9. The second-order valence-corrected chi connectivity index (χ2v) is 4.34. The molecule has 112 valence electrons. The van der Waals surface area contributed by atoms with Crippen molar-refractivity contribution in [3.8, 4) is 23.0 Å². The Morgan fingerprint density at radius 2 is 1.52 bits per heavy atom. The molecule has 0 aliphatic rings. The van der Waals surface area contributed by atoms with E-state index in [1.165, 1.54) is 6.07 Å². The Kier molecular flexibility index (Phi) is 5.00. The summed E-state index contributed by atoms with van der Waals surface area (Å²) in [5.41, 5.74) is 0.452. The predicted molar refractivity (Wildman–Crippen MR) is 78.8 cm³/mol. The molecule has 21 heavy (non-hydrogen) atoms. The Balaban J connectivity index is 2.45. The largest absolute Gasteiger partial charge is 0.493 e. The van der Waals surface area contributed by atoms with E-state index in [1.54, 1.807) is 51.6 Å². The van der Waals surface area contributed by atoms with Crippen molar-refractivity contribution in [3.05, 3.63) is 47.8 Å². The lowest BCUT2D eigenvalue weighted by molar-refractivity contribution is 0.344.